The quantitative estimate of drug-likeness (QED) is 0.532. The first-order valence-electron chi connectivity index (χ1n) is 10.9. The fourth-order valence-electron chi connectivity index (χ4n) is 4.28. The first-order chi connectivity index (χ1) is 15.4. The van der Waals surface area contributed by atoms with E-state index in [1.54, 1.807) is 12.1 Å². The largest absolute Gasteiger partial charge is 0.352 e. The van der Waals surface area contributed by atoms with E-state index in [0.717, 1.165) is 28.8 Å². The maximum Gasteiger partial charge on any atom is 0.252 e. The predicted molar refractivity (Wildman–Crippen MR) is 128 cm³/mol. The van der Waals surface area contributed by atoms with Crippen molar-refractivity contribution in [2.24, 2.45) is 0 Å². The maximum atomic E-state index is 12.8. The molecule has 5 nitrogen and oxygen atoms in total. The zero-order chi connectivity index (χ0) is 22.6. The summed E-state index contributed by atoms with van der Waals surface area (Å²) in [5.41, 5.74) is 2.28. The number of amides is 1. The van der Waals surface area contributed by atoms with E-state index in [1.165, 1.54) is 15.6 Å². The summed E-state index contributed by atoms with van der Waals surface area (Å²) >= 11 is 1.19. The molecule has 0 saturated carbocycles. The molecule has 1 saturated heterocycles. The molecule has 3 aromatic rings. The summed E-state index contributed by atoms with van der Waals surface area (Å²) in [6.45, 7) is 3.17. The van der Waals surface area contributed by atoms with E-state index in [-0.39, 0.29) is 24.3 Å². The van der Waals surface area contributed by atoms with Crippen molar-refractivity contribution in [3.63, 3.8) is 0 Å². The monoisotopic (exact) mass is 468 g/mol. The second-order valence-corrected chi connectivity index (χ2v) is 11.5. The lowest BCUT2D eigenvalue weighted by atomic mass is 9.86. The van der Waals surface area contributed by atoms with Crippen LogP contribution >= 0.6 is 11.3 Å². The number of nitrogens with one attached hydrogen (secondary N) is 1. The highest BCUT2D eigenvalue weighted by molar-refractivity contribution is 7.91. The van der Waals surface area contributed by atoms with Crippen LogP contribution in [0.4, 0.5) is 0 Å². The van der Waals surface area contributed by atoms with E-state index < -0.39 is 10.0 Å². The summed E-state index contributed by atoms with van der Waals surface area (Å²) in [5.74, 6) is -0.0860. The molecule has 0 spiro atoms. The average Bonchev–Trinajstić information content (AvgIpc) is 3.48. The summed E-state index contributed by atoms with van der Waals surface area (Å²) in [7, 11) is -3.44. The molecule has 1 amide bonds. The Morgan fingerprint density at radius 3 is 2.06 bits per heavy atom. The Balaban J connectivity index is 1.46. The minimum atomic E-state index is -3.44. The lowest BCUT2D eigenvalue weighted by Gasteiger charge is -2.26. The van der Waals surface area contributed by atoms with Crippen molar-refractivity contribution in [3.8, 4) is 0 Å². The summed E-state index contributed by atoms with van der Waals surface area (Å²) < 4.78 is 27.4. The van der Waals surface area contributed by atoms with Crippen molar-refractivity contribution in [1.82, 2.24) is 9.62 Å². The van der Waals surface area contributed by atoms with Crippen LogP contribution in [-0.4, -0.2) is 37.8 Å². The molecule has 1 unspecified atom stereocenters. The van der Waals surface area contributed by atoms with Crippen LogP contribution in [0.25, 0.3) is 0 Å². The number of rotatable bonds is 8. The number of benzene rings is 2. The number of nitrogens with zero attached hydrogens (tertiary/aromatic N) is 1. The Morgan fingerprint density at radius 1 is 0.938 bits per heavy atom. The molecule has 32 heavy (non-hydrogen) atoms. The first-order valence-corrected chi connectivity index (χ1v) is 13.2. The average molecular weight is 469 g/mol. The van der Waals surface area contributed by atoms with Crippen molar-refractivity contribution in [2.45, 2.75) is 42.4 Å². The van der Waals surface area contributed by atoms with Gasteiger partial charge >= 0.3 is 0 Å². The van der Waals surface area contributed by atoms with E-state index in [4.69, 9.17) is 0 Å². The normalized spacial score (nSPS) is 15.7. The smallest absolute Gasteiger partial charge is 0.252 e. The van der Waals surface area contributed by atoms with E-state index in [1.807, 2.05) is 43.3 Å². The van der Waals surface area contributed by atoms with Crippen molar-refractivity contribution in [2.75, 3.05) is 13.1 Å². The molecular weight excluding hydrogens is 440 g/mol. The first kappa shape index (κ1) is 22.7. The molecule has 0 bridgehead atoms. The second kappa shape index (κ2) is 9.98. The van der Waals surface area contributed by atoms with Gasteiger partial charge in [-0.25, -0.2) is 8.42 Å². The molecular formula is C25H28N2O3S2. The summed E-state index contributed by atoms with van der Waals surface area (Å²) in [6, 6.07) is 23.6. The van der Waals surface area contributed by atoms with E-state index in [9.17, 15) is 13.2 Å². The maximum absolute atomic E-state index is 12.8. The van der Waals surface area contributed by atoms with Gasteiger partial charge in [-0.2, -0.15) is 4.31 Å². The minimum absolute atomic E-state index is 0.0239. The Morgan fingerprint density at radius 2 is 1.50 bits per heavy atom. The van der Waals surface area contributed by atoms with Crippen molar-refractivity contribution < 1.29 is 13.2 Å². The van der Waals surface area contributed by atoms with E-state index >= 15 is 0 Å². The van der Waals surface area contributed by atoms with Crippen LogP contribution < -0.4 is 5.32 Å². The zero-order valence-electron chi connectivity index (χ0n) is 18.1. The minimum Gasteiger partial charge on any atom is -0.352 e. The molecule has 2 heterocycles. The fraction of sp³-hybridized carbons (Fsp3) is 0.320. The van der Waals surface area contributed by atoms with Gasteiger partial charge in [0.25, 0.3) is 10.0 Å². The van der Waals surface area contributed by atoms with E-state index in [0.29, 0.717) is 17.3 Å². The second-order valence-electron chi connectivity index (χ2n) is 8.16. The van der Waals surface area contributed by atoms with Crippen LogP contribution in [0.5, 0.6) is 0 Å². The number of carbonyl (C=O) groups is 1. The van der Waals surface area contributed by atoms with E-state index in [2.05, 4.69) is 29.6 Å². The van der Waals surface area contributed by atoms with Crippen molar-refractivity contribution in [1.29, 1.82) is 0 Å². The third-order valence-corrected chi connectivity index (χ3v) is 9.29. The SMILES string of the molecule is CC(NC(=O)Cc1ccc(S(=O)(=O)N2CCCC2)s1)C(c1ccccc1)c1ccccc1. The third kappa shape index (κ3) is 5.11. The van der Waals surface area contributed by atoms with Crippen LogP contribution in [0, 0.1) is 0 Å². The number of hydrogen-bond acceptors (Lipinski definition) is 4. The van der Waals surface area contributed by atoms with Crippen molar-refractivity contribution >= 4 is 27.3 Å². The Kier molecular flexibility index (Phi) is 7.08. The van der Waals surface area contributed by atoms with Crippen molar-refractivity contribution in [3.05, 3.63) is 88.8 Å². The summed E-state index contributed by atoms with van der Waals surface area (Å²) in [4.78, 5) is 13.6. The van der Waals surface area contributed by atoms with Crippen LogP contribution in [0.3, 0.4) is 0 Å². The standard InChI is InChI=1S/C25H28N2O3S2/c1-19(25(20-10-4-2-5-11-20)21-12-6-3-7-13-21)26-23(28)18-22-14-15-24(31-22)32(29,30)27-16-8-9-17-27/h2-7,10-15,19,25H,8-9,16-18H2,1H3,(H,26,28). The van der Waals surface area contributed by atoms with Crippen LogP contribution in [-0.2, 0) is 21.2 Å². The molecule has 0 aliphatic carbocycles. The fourth-order valence-corrected chi connectivity index (χ4v) is 7.31. The van der Waals surface area contributed by atoms with Gasteiger partial charge < -0.3 is 5.32 Å². The molecule has 168 valence electrons. The van der Waals surface area contributed by atoms with Gasteiger partial charge in [0, 0.05) is 29.9 Å². The zero-order valence-corrected chi connectivity index (χ0v) is 19.7. The Hall–Kier alpha value is -2.48. The number of hydrogen-bond donors (Lipinski definition) is 1. The van der Waals surface area contributed by atoms with Gasteiger partial charge in [0.05, 0.1) is 6.42 Å². The lowest BCUT2D eigenvalue weighted by Crippen LogP contribution is -2.38. The van der Waals surface area contributed by atoms with Gasteiger partial charge in [-0.15, -0.1) is 11.3 Å². The van der Waals surface area contributed by atoms with Gasteiger partial charge in [0.2, 0.25) is 5.91 Å². The Bertz CT molecular complexity index is 1100. The lowest BCUT2D eigenvalue weighted by molar-refractivity contribution is -0.121. The van der Waals surface area contributed by atoms with Crippen LogP contribution in [0.2, 0.25) is 0 Å². The molecule has 4 rings (SSSR count). The number of carbonyl (C=O) groups excluding carboxylic acids is 1. The molecule has 1 aliphatic rings. The molecule has 1 aromatic heterocycles. The highest BCUT2D eigenvalue weighted by Gasteiger charge is 2.29. The molecule has 0 radical (unpaired) electrons. The number of sulfonamides is 1. The third-order valence-electron chi connectivity index (χ3n) is 5.84. The molecule has 2 aromatic carbocycles. The molecule has 1 atom stereocenters. The highest BCUT2D eigenvalue weighted by atomic mass is 32.2. The van der Waals surface area contributed by atoms with Gasteiger partial charge in [-0.05, 0) is 43.0 Å². The molecule has 1 fully saturated rings. The van der Waals surface area contributed by atoms with Gasteiger partial charge in [0.1, 0.15) is 4.21 Å². The predicted octanol–water partition coefficient (Wildman–Crippen LogP) is 4.41. The van der Waals surface area contributed by atoms with Crippen LogP contribution in [0.15, 0.2) is 77.0 Å². The summed E-state index contributed by atoms with van der Waals surface area (Å²) in [6.07, 6.45) is 1.98. The van der Waals surface area contributed by atoms with Gasteiger partial charge in [-0.1, -0.05) is 60.7 Å². The molecule has 1 aliphatic heterocycles. The van der Waals surface area contributed by atoms with Crippen LogP contribution in [0.1, 0.15) is 41.7 Å². The number of thiophene rings is 1. The van der Waals surface area contributed by atoms with Gasteiger partial charge in [0.15, 0.2) is 0 Å². The highest BCUT2D eigenvalue weighted by Crippen LogP contribution is 2.29. The Labute approximate surface area is 194 Å². The topological polar surface area (TPSA) is 66.5 Å². The molecule has 1 N–H and O–H groups in total. The van der Waals surface area contributed by atoms with Gasteiger partial charge in [-0.3, -0.25) is 4.79 Å². The molecule has 7 heteroatoms. The summed E-state index contributed by atoms with van der Waals surface area (Å²) in [5, 5.41) is 3.14.